The molecule has 1 aromatic carbocycles. The monoisotopic (exact) mass is 388 g/mol. The average molecular weight is 388 g/mol. The number of nitrogens with zero attached hydrogens (tertiary/aromatic N) is 4. The van der Waals surface area contributed by atoms with Gasteiger partial charge in [0.05, 0.1) is 13.2 Å². The Morgan fingerprint density at radius 3 is 2.75 bits per heavy atom. The van der Waals surface area contributed by atoms with Gasteiger partial charge in [-0.05, 0) is 37.0 Å². The highest BCUT2D eigenvalue weighted by Gasteiger charge is 2.41. The maximum atomic E-state index is 14.1. The molecule has 8 heteroatoms. The topological polar surface area (TPSA) is 69.4 Å². The van der Waals surface area contributed by atoms with Crippen LogP contribution in [0.2, 0.25) is 0 Å². The predicted molar refractivity (Wildman–Crippen MR) is 101 cm³/mol. The summed E-state index contributed by atoms with van der Waals surface area (Å²) in [6.45, 7) is 5.12. The summed E-state index contributed by atoms with van der Waals surface area (Å²) in [5.41, 5.74) is 0.186. The average Bonchev–Trinajstić information content (AvgIpc) is 3.10. The SMILES string of the molecule is COc1ccc(C(=O)N2C3CCC2Cn2c(nn(CC(C)C)c2=O)C3)cc1F. The van der Waals surface area contributed by atoms with Crippen LogP contribution >= 0.6 is 0 Å². The van der Waals surface area contributed by atoms with Crippen LogP contribution in [0, 0.1) is 11.7 Å². The fourth-order valence-electron chi connectivity index (χ4n) is 4.33. The first-order valence-corrected chi connectivity index (χ1v) is 9.71. The van der Waals surface area contributed by atoms with Crippen LogP contribution in [-0.2, 0) is 19.5 Å². The van der Waals surface area contributed by atoms with Crippen LogP contribution in [0.1, 0.15) is 42.9 Å². The Morgan fingerprint density at radius 2 is 2.07 bits per heavy atom. The molecular weight excluding hydrogens is 363 g/mol. The minimum absolute atomic E-state index is 0.0294. The largest absolute Gasteiger partial charge is 0.494 e. The third-order valence-electron chi connectivity index (χ3n) is 5.60. The first-order valence-electron chi connectivity index (χ1n) is 9.71. The lowest BCUT2D eigenvalue weighted by molar-refractivity contribution is 0.0664. The van der Waals surface area contributed by atoms with Crippen LogP contribution in [0.3, 0.4) is 0 Å². The van der Waals surface area contributed by atoms with Crippen molar-refractivity contribution in [1.29, 1.82) is 0 Å². The summed E-state index contributed by atoms with van der Waals surface area (Å²) in [5.74, 6) is 0.414. The van der Waals surface area contributed by atoms with Gasteiger partial charge in [-0.2, -0.15) is 5.10 Å². The highest BCUT2D eigenvalue weighted by Crippen LogP contribution is 2.32. The van der Waals surface area contributed by atoms with Gasteiger partial charge in [-0.15, -0.1) is 0 Å². The molecule has 7 nitrogen and oxygen atoms in total. The summed E-state index contributed by atoms with van der Waals surface area (Å²) in [7, 11) is 1.39. The quantitative estimate of drug-likeness (QED) is 0.804. The van der Waals surface area contributed by atoms with E-state index in [0.29, 0.717) is 31.0 Å². The minimum atomic E-state index is -0.556. The molecule has 28 heavy (non-hydrogen) atoms. The standard InChI is InChI=1S/C20H25FN4O3/c1-12(2)10-24-20(27)23-11-15-6-5-14(9-18(23)22-24)25(15)19(26)13-4-7-17(28-3)16(21)8-13/h4,7-8,12,14-15H,5-6,9-11H2,1-3H3. The number of fused-ring (bicyclic) bond motifs is 3. The van der Waals surface area contributed by atoms with Crippen molar-refractivity contribution in [3.63, 3.8) is 0 Å². The van der Waals surface area contributed by atoms with Crippen LogP contribution in [0.25, 0.3) is 0 Å². The van der Waals surface area contributed by atoms with E-state index in [1.54, 1.807) is 10.6 Å². The van der Waals surface area contributed by atoms with Gasteiger partial charge in [0.25, 0.3) is 5.91 Å². The smallest absolute Gasteiger partial charge is 0.345 e. The third kappa shape index (κ3) is 3.10. The summed E-state index contributed by atoms with van der Waals surface area (Å²) in [4.78, 5) is 27.7. The van der Waals surface area contributed by atoms with Gasteiger partial charge >= 0.3 is 5.69 Å². The van der Waals surface area contributed by atoms with E-state index in [1.165, 1.54) is 23.9 Å². The number of aromatic nitrogens is 3. The number of carbonyl (C=O) groups is 1. The van der Waals surface area contributed by atoms with Crippen LogP contribution in [0.4, 0.5) is 4.39 Å². The molecular formula is C20H25FN4O3. The molecule has 1 amide bonds. The molecule has 150 valence electrons. The molecule has 1 fully saturated rings. The third-order valence-corrected chi connectivity index (χ3v) is 5.60. The van der Waals surface area contributed by atoms with Gasteiger partial charge in [-0.1, -0.05) is 13.8 Å². The summed E-state index contributed by atoms with van der Waals surface area (Å²) < 4.78 is 22.3. The summed E-state index contributed by atoms with van der Waals surface area (Å²) in [5, 5.41) is 4.53. The van der Waals surface area contributed by atoms with Gasteiger partial charge in [0, 0.05) is 31.1 Å². The number of benzene rings is 1. The highest BCUT2D eigenvalue weighted by molar-refractivity contribution is 5.95. The maximum absolute atomic E-state index is 14.1. The normalized spacial score (nSPS) is 21.0. The van der Waals surface area contributed by atoms with Crippen LogP contribution in [0.15, 0.2) is 23.0 Å². The molecule has 2 atom stereocenters. The molecule has 2 aliphatic rings. The summed E-state index contributed by atoms with van der Waals surface area (Å²) in [6.07, 6.45) is 2.23. The number of hydrogen-bond donors (Lipinski definition) is 0. The van der Waals surface area contributed by atoms with Gasteiger partial charge in [-0.25, -0.2) is 13.9 Å². The number of amides is 1. The Labute approximate surface area is 162 Å². The van der Waals surface area contributed by atoms with Gasteiger partial charge in [0.1, 0.15) is 5.82 Å². The number of methoxy groups -OCH3 is 1. The van der Waals surface area contributed by atoms with Crippen molar-refractivity contribution in [2.45, 2.75) is 58.3 Å². The molecule has 2 unspecified atom stereocenters. The van der Waals surface area contributed by atoms with E-state index in [4.69, 9.17) is 4.74 Å². The zero-order chi connectivity index (χ0) is 20.0. The van der Waals surface area contributed by atoms with Crippen LogP contribution in [0.5, 0.6) is 5.75 Å². The van der Waals surface area contributed by atoms with E-state index in [-0.39, 0.29) is 29.4 Å². The van der Waals surface area contributed by atoms with Crippen LogP contribution < -0.4 is 10.4 Å². The lowest BCUT2D eigenvalue weighted by Gasteiger charge is -2.28. The van der Waals surface area contributed by atoms with E-state index >= 15 is 0 Å². The Morgan fingerprint density at radius 1 is 1.32 bits per heavy atom. The predicted octanol–water partition coefficient (Wildman–Crippen LogP) is 2.08. The molecule has 0 N–H and O–H groups in total. The molecule has 0 spiro atoms. The first kappa shape index (κ1) is 18.7. The van der Waals surface area contributed by atoms with Gasteiger partial charge < -0.3 is 9.64 Å². The number of ether oxygens (including phenoxy) is 1. The zero-order valence-corrected chi connectivity index (χ0v) is 16.4. The number of carbonyl (C=O) groups excluding carboxylic acids is 1. The van der Waals surface area contributed by atoms with Crippen molar-refractivity contribution >= 4 is 5.91 Å². The molecule has 0 aliphatic carbocycles. The number of halogens is 1. The van der Waals surface area contributed by atoms with E-state index in [2.05, 4.69) is 18.9 Å². The van der Waals surface area contributed by atoms with Crippen molar-refractivity contribution < 1.29 is 13.9 Å². The van der Waals surface area contributed by atoms with Gasteiger partial charge in [0.2, 0.25) is 0 Å². The van der Waals surface area contributed by atoms with Crippen molar-refractivity contribution in [2.24, 2.45) is 5.92 Å². The second kappa shape index (κ2) is 7.07. The molecule has 2 aliphatic heterocycles. The van der Waals surface area contributed by atoms with Gasteiger partial charge in [0.15, 0.2) is 11.6 Å². The second-order valence-corrected chi connectivity index (χ2v) is 8.04. The van der Waals surface area contributed by atoms with Crippen molar-refractivity contribution in [3.8, 4) is 5.75 Å². The van der Waals surface area contributed by atoms with Crippen molar-refractivity contribution in [3.05, 3.63) is 45.9 Å². The van der Waals surface area contributed by atoms with E-state index in [0.717, 1.165) is 18.7 Å². The molecule has 0 radical (unpaired) electrons. The fourth-order valence-corrected chi connectivity index (χ4v) is 4.33. The summed E-state index contributed by atoms with van der Waals surface area (Å²) in [6, 6.07) is 4.16. The van der Waals surface area contributed by atoms with Crippen LogP contribution in [-0.4, -0.2) is 44.3 Å². The number of hydrogen-bond acceptors (Lipinski definition) is 4. The first-order chi connectivity index (χ1) is 13.4. The van der Waals surface area contributed by atoms with E-state index in [1.807, 2.05) is 4.90 Å². The molecule has 0 saturated carbocycles. The van der Waals surface area contributed by atoms with Gasteiger partial charge in [-0.3, -0.25) is 9.36 Å². The Kier molecular flexibility index (Phi) is 4.72. The van der Waals surface area contributed by atoms with E-state index < -0.39 is 5.82 Å². The lowest BCUT2D eigenvalue weighted by atomic mass is 10.1. The second-order valence-electron chi connectivity index (χ2n) is 8.04. The molecule has 1 saturated heterocycles. The Bertz CT molecular complexity index is 965. The minimum Gasteiger partial charge on any atom is -0.494 e. The zero-order valence-electron chi connectivity index (χ0n) is 16.4. The van der Waals surface area contributed by atoms with Crippen molar-refractivity contribution in [2.75, 3.05) is 7.11 Å². The van der Waals surface area contributed by atoms with E-state index in [9.17, 15) is 14.0 Å². The summed E-state index contributed by atoms with van der Waals surface area (Å²) >= 11 is 0. The maximum Gasteiger partial charge on any atom is 0.345 e. The lowest BCUT2D eigenvalue weighted by Crippen LogP contribution is -2.43. The molecule has 2 aromatic rings. The molecule has 1 aromatic heterocycles. The molecule has 3 heterocycles. The highest BCUT2D eigenvalue weighted by atomic mass is 19.1. The molecule has 2 bridgehead atoms. The fraction of sp³-hybridized carbons (Fsp3) is 0.550. The Balaban J connectivity index is 1.62. The Hall–Kier alpha value is -2.64. The molecule has 4 rings (SSSR count). The number of rotatable bonds is 4. The van der Waals surface area contributed by atoms with Crippen molar-refractivity contribution in [1.82, 2.24) is 19.2 Å².